The molecule has 0 radical (unpaired) electrons. The molecule has 0 aliphatic carbocycles. The molecule has 23 heavy (non-hydrogen) atoms. The molecule has 0 saturated heterocycles. The zero-order valence-corrected chi connectivity index (χ0v) is 13.9. The number of hydrogen-bond donors (Lipinski definition) is 1. The summed E-state index contributed by atoms with van der Waals surface area (Å²) in [5.41, 5.74) is 1.07. The molecule has 0 saturated carbocycles. The Kier molecular flexibility index (Phi) is 5.51. The van der Waals surface area contributed by atoms with E-state index in [1.165, 1.54) is 30.4 Å². The normalized spacial score (nSPS) is 13.3. The van der Waals surface area contributed by atoms with Crippen LogP contribution in [-0.2, 0) is 10.0 Å². The van der Waals surface area contributed by atoms with Crippen molar-refractivity contribution < 1.29 is 17.9 Å². The van der Waals surface area contributed by atoms with E-state index in [9.17, 15) is 17.9 Å². The van der Waals surface area contributed by atoms with Crippen molar-refractivity contribution in [3.63, 3.8) is 0 Å². The molecule has 2 rings (SSSR count). The Morgan fingerprint density at radius 2 is 1.83 bits per heavy atom. The van der Waals surface area contributed by atoms with Crippen LogP contribution in [0.3, 0.4) is 0 Å². The van der Waals surface area contributed by atoms with Crippen molar-refractivity contribution in [2.75, 3.05) is 13.7 Å². The Hall–Kier alpha value is -1.76. The first kappa shape index (κ1) is 17.6. The van der Waals surface area contributed by atoms with Crippen LogP contribution in [-0.4, -0.2) is 31.5 Å². The summed E-state index contributed by atoms with van der Waals surface area (Å²) in [7, 11) is -2.32. The highest BCUT2D eigenvalue weighted by Crippen LogP contribution is 2.29. The molecule has 0 spiro atoms. The minimum atomic E-state index is -3.79. The van der Waals surface area contributed by atoms with E-state index in [1.54, 1.807) is 0 Å². The van der Waals surface area contributed by atoms with Gasteiger partial charge in [0, 0.05) is 13.7 Å². The van der Waals surface area contributed by atoms with E-state index in [2.05, 4.69) is 0 Å². The molecule has 1 unspecified atom stereocenters. The van der Waals surface area contributed by atoms with Gasteiger partial charge in [-0.25, -0.2) is 12.8 Å². The molecule has 0 aromatic heterocycles. The average Bonchev–Trinajstić information content (AvgIpc) is 2.55. The van der Waals surface area contributed by atoms with Gasteiger partial charge in [-0.3, -0.25) is 0 Å². The molecule has 4 nitrogen and oxygen atoms in total. The summed E-state index contributed by atoms with van der Waals surface area (Å²) in [4.78, 5) is 0.0396. The van der Waals surface area contributed by atoms with E-state index in [0.717, 1.165) is 11.6 Å². The van der Waals surface area contributed by atoms with Gasteiger partial charge in [0.15, 0.2) is 0 Å². The van der Waals surface area contributed by atoms with Gasteiger partial charge in [-0.15, -0.1) is 0 Å². The number of sulfonamides is 1. The molecular weight excluding hydrogens is 317 g/mol. The van der Waals surface area contributed by atoms with Crippen molar-refractivity contribution >= 4 is 10.0 Å². The molecule has 6 heteroatoms. The fraction of sp³-hybridized carbons (Fsp3) is 0.294. The van der Waals surface area contributed by atoms with Gasteiger partial charge in [-0.2, -0.15) is 4.31 Å². The lowest BCUT2D eigenvalue weighted by Crippen LogP contribution is -2.32. The molecule has 0 aliphatic heterocycles. The van der Waals surface area contributed by atoms with Gasteiger partial charge in [0.05, 0.1) is 10.9 Å². The number of benzene rings is 2. The van der Waals surface area contributed by atoms with Crippen LogP contribution >= 0.6 is 0 Å². The summed E-state index contributed by atoms with van der Waals surface area (Å²) >= 11 is 0. The largest absolute Gasteiger partial charge is 0.396 e. The second kappa shape index (κ2) is 7.21. The molecule has 0 bridgehead atoms. The Balaban J connectivity index is 2.41. The molecule has 2 aromatic rings. The standard InChI is InChI=1S/C17H20FNO3S/c1-13-12-15(8-9-16(13)18)23(21,22)19(2)17(10-11-20)14-6-4-3-5-7-14/h3-9,12,17,20H,10-11H2,1-2H3. The van der Waals surface area contributed by atoms with Crippen molar-refractivity contribution in [1.82, 2.24) is 4.31 Å². The summed E-state index contributed by atoms with van der Waals surface area (Å²) < 4.78 is 40.2. The zero-order valence-electron chi connectivity index (χ0n) is 13.1. The third-order valence-corrected chi connectivity index (χ3v) is 5.69. The number of rotatable bonds is 6. The molecule has 124 valence electrons. The molecule has 0 fully saturated rings. The molecule has 1 N–H and O–H groups in total. The van der Waals surface area contributed by atoms with Gasteiger partial charge < -0.3 is 5.11 Å². The summed E-state index contributed by atoms with van der Waals surface area (Å²) in [5, 5.41) is 9.29. The van der Waals surface area contributed by atoms with Crippen LogP contribution in [0.1, 0.15) is 23.6 Å². The molecular formula is C17H20FNO3S. The van der Waals surface area contributed by atoms with Crippen LogP contribution in [0.5, 0.6) is 0 Å². The van der Waals surface area contributed by atoms with Gasteiger partial charge in [0.1, 0.15) is 5.82 Å². The Morgan fingerprint density at radius 3 is 2.39 bits per heavy atom. The average molecular weight is 337 g/mol. The van der Waals surface area contributed by atoms with E-state index in [4.69, 9.17) is 0 Å². The molecule has 2 aromatic carbocycles. The lowest BCUT2D eigenvalue weighted by Gasteiger charge is -2.27. The Labute approximate surface area is 136 Å². The SMILES string of the molecule is Cc1cc(S(=O)(=O)N(C)C(CCO)c2ccccc2)ccc1F. The lowest BCUT2D eigenvalue weighted by molar-refractivity contribution is 0.240. The number of aliphatic hydroxyl groups is 1. The first-order chi connectivity index (χ1) is 10.9. The van der Waals surface area contributed by atoms with Crippen LogP contribution in [0.15, 0.2) is 53.4 Å². The first-order valence-corrected chi connectivity index (χ1v) is 8.72. The lowest BCUT2D eigenvalue weighted by atomic mass is 10.0. The van der Waals surface area contributed by atoms with Crippen LogP contribution in [0.2, 0.25) is 0 Å². The maximum atomic E-state index is 13.4. The highest BCUT2D eigenvalue weighted by Gasteiger charge is 2.29. The predicted molar refractivity (Wildman–Crippen MR) is 87.0 cm³/mol. The van der Waals surface area contributed by atoms with Gasteiger partial charge in [-0.1, -0.05) is 30.3 Å². The smallest absolute Gasteiger partial charge is 0.243 e. The maximum Gasteiger partial charge on any atom is 0.243 e. The van der Waals surface area contributed by atoms with Gasteiger partial charge in [0.25, 0.3) is 0 Å². The van der Waals surface area contributed by atoms with Crippen molar-refractivity contribution in [2.24, 2.45) is 0 Å². The van der Waals surface area contributed by atoms with E-state index in [0.29, 0.717) is 0 Å². The fourth-order valence-electron chi connectivity index (χ4n) is 2.47. The van der Waals surface area contributed by atoms with Crippen molar-refractivity contribution in [3.05, 3.63) is 65.5 Å². The minimum absolute atomic E-state index is 0.0396. The van der Waals surface area contributed by atoms with Crippen LogP contribution in [0, 0.1) is 12.7 Å². The third kappa shape index (κ3) is 3.77. The second-order valence-corrected chi connectivity index (χ2v) is 7.37. The predicted octanol–water partition coefficient (Wildman–Crippen LogP) is 2.88. The molecule has 0 amide bonds. The zero-order chi connectivity index (χ0) is 17.0. The minimum Gasteiger partial charge on any atom is -0.396 e. The highest BCUT2D eigenvalue weighted by molar-refractivity contribution is 7.89. The molecule has 1 atom stereocenters. The van der Waals surface area contributed by atoms with Gasteiger partial charge in [0.2, 0.25) is 10.0 Å². The topological polar surface area (TPSA) is 57.6 Å². The summed E-state index contributed by atoms with van der Waals surface area (Å²) in [6, 6.07) is 12.4. The van der Waals surface area contributed by atoms with E-state index < -0.39 is 21.9 Å². The van der Waals surface area contributed by atoms with Gasteiger partial charge in [-0.05, 0) is 42.7 Å². The van der Waals surface area contributed by atoms with Crippen LogP contribution < -0.4 is 0 Å². The maximum absolute atomic E-state index is 13.4. The quantitative estimate of drug-likeness (QED) is 0.882. The third-order valence-electron chi connectivity index (χ3n) is 3.83. The van der Waals surface area contributed by atoms with Gasteiger partial charge >= 0.3 is 0 Å². The number of aryl methyl sites for hydroxylation is 1. The second-order valence-electron chi connectivity index (χ2n) is 5.37. The fourth-order valence-corrected chi connectivity index (χ4v) is 3.93. The van der Waals surface area contributed by atoms with Crippen molar-refractivity contribution in [1.29, 1.82) is 0 Å². The number of nitrogens with zero attached hydrogens (tertiary/aromatic N) is 1. The summed E-state index contributed by atoms with van der Waals surface area (Å²) in [5.74, 6) is -0.443. The monoisotopic (exact) mass is 337 g/mol. The van der Waals surface area contributed by atoms with E-state index >= 15 is 0 Å². The van der Waals surface area contributed by atoms with Crippen LogP contribution in [0.4, 0.5) is 4.39 Å². The Bertz CT molecular complexity index is 763. The van der Waals surface area contributed by atoms with E-state index in [1.807, 2.05) is 30.3 Å². The highest BCUT2D eigenvalue weighted by atomic mass is 32.2. The Morgan fingerprint density at radius 1 is 1.17 bits per heavy atom. The van der Waals surface area contributed by atoms with E-state index in [-0.39, 0.29) is 23.5 Å². The molecule has 0 aliphatic rings. The first-order valence-electron chi connectivity index (χ1n) is 7.28. The number of halogens is 1. The molecule has 0 heterocycles. The summed E-state index contributed by atoms with van der Waals surface area (Å²) in [6.07, 6.45) is 0.278. The number of aliphatic hydroxyl groups excluding tert-OH is 1. The van der Waals surface area contributed by atoms with Crippen LogP contribution in [0.25, 0.3) is 0 Å². The van der Waals surface area contributed by atoms with Crippen molar-refractivity contribution in [3.8, 4) is 0 Å². The van der Waals surface area contributed by atoms with Crippen molar-refractivity contribution in [2.45, 2.75) is 24.3 Å². The number of hydrogen-bond acceptors (Lipinski definition) is 3. The summed E-state index contributed by atoms with van der Waals surface area (Å²) in [6.45, 7) is 1.39.